The van der Waals surface area contributed by atoms with Crippen molar-refractivity contribution in [3.8, 4) is 5.75 Å². The van der Waals surface area contributed by atoms with Crippen molar-refractivity contribution in [3.05, 3.63) is 45.4 Å². The molecule has 2 aromatic rings. The number of aliphatic imine (C=N–C) groups is 1. The highest BCUT2D eigenvalue weighted by atomic mass is 127. The predicted octanol–water partition coefficient (Wildman–Crippen LogP) is 4.12. The molecule has 0 saturated carbocycles. The van der Waals surface area contributed by atoms with E-state index < -0.39 is 0 Å². The fraction of sp³-hybridized carbons (Fsp3) is 0.500. The van der Waals surface area contributed by atoms with Gasteiger partial charge in [-0.3, -0.25) is 4.99 Å². The van der Waals surface area contributed by atoms with Gasteiger partial charge in [-0.2, -0.15) is 0 Å². The van der Waals surface area contributed by atoms with Crippen LogP contribution in [0.3, 0.4) is 0 Å². The van der Waals surface area contributed by atoms with E-state index >= 15 is 0 Å². The summed E-state index contributed by atoms with van der Waals surface area (Å²) in [6.07, 6.45) is 2.93. The average molecular weight is 502 g/mol. The lowest BCUT2D eigenvalue weighted by Crippen LogP contribution is -2.38. The van der Waals surface area contributed by atoms with E-state index in [1.165, 1.54) is 15.4 Å². The van der Waals surface area contributed by atoms with Crippen LogP contribution in [0.2, 0.25) is 0 Å². The number of nitrogens with one attached hydrogen (secondary N) is 2. The summed E-state index contributed by atoms with van der Waals surface area (Å²) in [6, 6.07) is 8.23. The van der Waals surface area contributed by atoms with Crippen LogP contribution in [0.4, 0.5) is 0 Å². The molecule has 2 rings (SSSR count). The first-order valence-corrected chi connectivity index (χ1v) is 10.0. The number of guanidine groups is 1. The molecule has 0 fully saturated rings. The van der Waals surface area contributed by atoms with Gasteiger partial charge in [0.2, 0.25) is 0 Å². The zero-order valence-electron chi connectivity index (χ0n) is 16.7. The van der Waals surface area contributed by atoms with Gasteiger partial charge in [-0.25, -0.2) is 4.98 Å². The molecule has 0 aliphatic rings. The average Bonchev–Trinajstić information content (AvgIpc) is 2.96. The van der Waals surface area contributed by atoms with Gasteiger partial charge in [0.15, 0.2) is 5.96 Å². The van der Waals surface area contributed by atoms with Crippen molar-refractivity contribution in [3.63, 3.8) is 0 Å². The summed E-state index contributed by atoms with van der Waals surface area (Å²) in [5.41, 5.74) is 2.43. The van der Waals surface area contributed by atoms with Gasteiger partial charge in [-0.1, -0.05) is 12.1 Å². The number of benzene rings is 1. The van der Waals surface area contributed by atoms with Crippen LogP contribution in [-0.4, -0.2) is 37.7 Å². The molecular formula is C20H31IN4OS. The smallest absolute Gasteiger partial charge is 0.191 e. The SMILES string of the molecule is CCNC(=NCCCc1cccc(OC)c1)NCCc1nc(C)c(C)s1.I. The van der Waals surface area contributed by atoms with Crippen molar-refractivity contribution in [2.75, 3.05) is 26.7 Å². The second-order valence-electron chi connectivity index (χ2n) is 6.14. The lowest BCUT2D eigenvalue weighted by molar-refractivity contribution is 0.414. The molecule has 0 bridgehead atoms. The number of hydrogen-bond donors (Lipinski definition) is 2. The van der Waals surface area contributed by atoms with Gasteiger partial charge in [0.25, 0.3) is 0 Å². The number of rotatable bonds is 9. The maximum Gasteiger partial charge on any atom is 0.191 e. The fourth-order valence-corrected chi connectivity index (χ4v) is 3.51. The Morgan fingerprint density at radius 1 is 1.22 bits per heavy atom. The molecule has 0 atom stereocenters. The van der Waals surface area contributed by atoms with E-state index in [9.17, 15) is 0 Å². The minimum Gasteiger partial charge on any atom is -0.497 e. The Labute approximate surface area is 184 Å². The summed E-state index contributed by atoms with van der Waals surface area (Å²) < 4.78 is 5.27. The van der Waals surface area contributed by atoms with Crippen molar-refractivity contribution in [2.45, 2.75) is 40.0 Å². The van der Waals surface area contributed by atoms with Gasteiger partial charge in [-0.05, 0) is 51.3 Å². The van der Waals surface area contributed by atoms with Crippen molar-refractivity contribution in [1.82, 2.24) is 15.6 Å². The summed E-state index contributed by atoms with van der Waals surface area (Å²) in [4.78, 5) is 10.6. The molecule has 1 heterocycles. The van der Waals surface area contributed by atoms with Gasteiger partial charge in [0.1, 0.15) is 5.75 Å². The fourth-order valence-electron chi connectivity index (χ4n) is 2.58. The molecule has 0 saturated heterocycles. The van der Waals surface area contributed by atoms with Crippen LogP contribution in [0.15, 0.2) is 29.3 Å². The summed E-state index contributed by atoms with van der Waals surface area (Å²) in [5.74, 6) is 1.79. The Balaban J connectivity index is 0.00000364. The van der Waals surface area contributed by atoms with Crippen LogP contribution in [-0.2, 0) is 12.8 Å². The molecule has 150 valence electrons. The third-order valence-electron chi connectivity index (χ3n) is 4.08. The van der Waals surface area contributed by atoms with Gasteiger partial charge in [0.05, 0.1) is 17.8 Å². The lowest BCUT2D eigenvalue weighted by atomic mass is 10.1. The number of thiazole rings is 1. The zero-order valence-corrected chi connectivity index (χ0v) is 19.8. The van der Waals surface area contributed by atoms with Crippen LogP contribution in [0.5, 0.6) is 5.75 Å². The maximum absolute atomic E-state index is 5.27. The molecule has 0 spiro atoms. The topological polar surface area (TPSA) is 58.5 Å². The molecule has 1 aromatic heterocycles. The number of aromatic nitrogens is 1. The van der Waals surface area contributed by atoms with E-state index in [0.29, 0.717) is 0 Å². The molecule has 0 aliphatic carbocycles. The van der Waals surface area contributed by atoms with Gasteiger partial charge < -0.3 is 15.4 Å². The van der Waals surface area contributed by atoms with Gasteiger partial charge in [0, 0.05) is 30.9 Å². The summed E-state index contributed by atoms with van der Waals surface area (Å²) >= 11 is 1.78. The highest BCUT2D eigenvalue weighted by molar-refractivity contribution is 14.0. The number of halogens is 1. The third-order valence-corrected chi connectivity index (χ3v) is 5.21. The molecule has 0 aliphatic heterocycles. The predicted molar refractivity (Wildman–Crippen MR) is 126 cm³/mol. The minimum atomic E-state index is 0. The normalized spacial score (nSPS) is 11.0. The van der Waals surface area contributed by atoms with Crippen LogP contribution >= 0.6 is 35.3 Å². The van der Waals surface area contributed by atoms with Crippen molar-refractivity contribution < 1.29 is 4.74 Å². The first-order valence-electron chi connectivity index (χ1n) is 9.20. The van der Waals surface area contributed by atoms with Crippen molar-refractivity contribution >= 4 is 41.3 Å². The van der Waals surface area contributed by atoms with E-state index in [2.05, 4.69) is 53.5 Å². The number of nitrogens with zero attached hydrogens (tertiary/aromatic N) is 2. The zero-order chi connectivity index (χ0) is 18.8. The first kappa shape index (κ1) is 23.7. The van der Waals surface area contributed by atoms with Crippen LogP contribution in [0.25, 0.3) is 0 Å². The second-order valence-corrected chi connectivity index (χ2v) is 7.43. The Bertz CT molecular complexity index is 698. The molecular weight excluding hydrogens is 471 g/mol. The van der Waals surface area contributed by atoms with E-state index in [4.69, 9.17) is 4.74 Å². The van der Waals surface area contributed by atoms with E-state index in [-0.39, 0.29) is 24.0 Å². The summed E-state index contributed by atoms with van der Waals surface area (Å²) in [5, 5.41) is 7.89. The van der Waals surface area contributed by atoms with E-state index in [1.807, 2.05) is 12.1 Å². The van der Waals surface area contributed by atoms with Gasteiger partial charge in [-0.15, -0.1) is 35.3 Å². The largest absolute Gasteiger partial charge is 0.497 e. The molecule has 0 amide bonds. The molecule has 7 heteroatoms. The number of methoxy groups -OCH3 is 1. The first-order chi connectivity index (χ1) is 12.6. The summed E-state index contributed by atoms with van der Waals surface area (Å²) in [7, 11) is 1.70. The second kappa shape index (κ2) is 12.9. The quantitative estimate of drug-likeness (QED) is 0.235. The van der Waals surface area contributed by atoms with Crippen LogP contribution in [0, 0.1) is 13.8 Å². The van der Waals surface area contributed by atoms with Crippen LogP contribution in [0.1, 0.15) is 34.5 Å². The lowest BCUT2D eigenvalue weighted by Gasteiger charge is -2.10. The highest BCUT2D eigenvalue weighted by Gasteiger charge is 2.04. The van der Waals surface area contributed by atoms with Crippen molar-refractivity contribution in [1.29, 1.82) is 0 Å². The van der Waals surface area contributed by atoms with E-state index in [1.54, 1.807) is 18.4 Å². The van der Waals surface area contributed by atoms with Crippen LogP contribution < -0.4 is 15.4 Å². The molecule has 0 radical (unpaired) electrons. The maximum atomic E-state index is 5.27. The Morgan fingerprint density at radius 3 is 2.70 bits per heavy atom. The monoisotopic (exact) mass is 502 g/mol. The summed E-state index contributed by atoms with van der Waals surface area (Å²) in [6.45, 7) is 8.77. The molecule has 0 unspecified atom stereocenters. The number of hydrogen-bond acceptors (Lipinski definition) is 4. The minimum absolute atomic E-state index is 0. The third kappa shape index (κ3) is 8.47. The Hall–Kier alpha value is -1.35. The Kier molecular flexibility index (Phi) is 11.3. The highest BCUT2D eigenvalue weighted by Crippen LogP contribution is 2.16. The number of ether oxygens (including phenoxy) is 1. The molecule has 1 aromatic carbocycles. The van der Waals surface area contributed by atoms with Gasteiger partial charge >= 0.3 is 0 Å². The van der Waals surface area contributed by atoms with Crippen molar-refractivity contribution in [2.24, 2.45) is 4.99 Å². The molecule has 27 heavy (non-hydrogen) atoms. The molecule has 2 N–H and O–H groups in total. The van der Waals surface area contributed by atoms with E-state index in [0.717, 1.165) is 56.3 Å². The molecule has 5 nitrogen and oxygen atoms in total. The standard InChI is InChI=1S/C20H30N4OS.HI/c1-5-21-20(23-13-11-19-24-15(2)16(3)26-19)22-12-7-9-17-8-6-10-18(14-17)25-4;/h6,8,10,14H,5,7,9,11-13H2,1-4H3,(H2,21,22,23);1H. The Morgan fingerprint density at radius 2 is 2.04 bits per heavy atom. The number of aryl methyl sites for hydroxylation is 3.